The summed E-state index contributed by atoms with van der Waals surface area (Å²) < 4.78 is 5.22. The normalized spacial score (nSPS) is 23.5. The number of carbonyl (C=O) groups excluding carboxylic acids is 1. The van der Waals surface area contributed by atoms with Crippen LogP contribution in [0.3, 0.4) is 0 Å². The predicted molar refractivity (Wildman–Crippen MR) is 78.1 cm³/mol. The van der Waals surface area contributed by atoms with Crippen LogP contribution >= 0.6 is 0 Å². The van der Waals surface area contributed by atoms with Crippen molar-refractivity contribution in [2.45, 2.75) is 51.5 Å². The van der Waals surface area contributed by atoms with Crippen LogP contribution in [-0.2, 0) is 9.53 Å². The van der Waals surface area contributed by atoms with E-state index in [9.17, 15) is 14.7 Å². The molecule has 0 bridgehead atoms. The number of nitrogens with one attached hydrogen (secondary N) is 2. The summed E-state index contributed by atoms with van der Waals surface area (Å²) in [6, 6.07) is -0.121. The van der Waals surface area contributed by atoms with Crippen molar-refractivity contribution in [3.8, 4) is 0 Å². The molecule has 1 saturated heterocycles. The molecule has 2 fully saturated rings. The smallest absolute Gasteiger partial charge is 0.315 e. The average Bonchev–Trinajstić information content (AvgIpc) is 3.00. The minimum absolute atomic E-state index is 0.142. The second kappa shape index (κ2) is 7.11. The third-order valence-electron chi connectivity index (χ3n) is 4.96. The largest absolute Gasteiger partial charge is 0.481 e. The molecule has 1 heterocycles. The van der Waals surface area contributed by atoms with Gasteiger partial charge in [0.25, 0.3) is 0 Å². The first kappa shape index (κ1) is 16.1. The first-order chi connectivity index (χ1) is 10.0. The Bertz CT molecular complexity index is 374. The maximum absolute atomic E-state index is 12.0. The van der Waals surface area contributed by atoms with Gasteiger partial charge in [-0.25, -0.2) is 4.79 Å². The molecular formula is C15H26N2O4. The Balaban J connectivity index is 1.80. The van der Waals surface area contributed by atoms with Gasteiger partial charge in [0, 0.05) is 25.8 Å². The van der Waals surface area contributed by atoms with Gasteiger partial charge in [0.15, 0.2) is 0 Å². The molecule has 120 valence electrons. The first-order valence-corrected chi connectivity index (χ1v) is 7.89. The highest BCUT2D eigenvalue weighted by Gasteiger charge is 2.40. The number of carboxylic acid groups (broad SMARTS) is 1. The van der Waals surface area contributed by atoms with Crippen molar-refractivity contribution in [2.24, 2.45) is 11.3 Å². The third kappa shape index (κ3) is 4.09. The van der Waals surface area contributed by atoms with Crippen molar-refractivity contribution < 1.29 is 19.4 Å². The van der Waals surface area contributed by atoms with Crippen molar-refractivity contribution in [1.82, 2.24) is 10.6 Å². The van der Waals surface area contributed by atoms with E-state index < -0.39 is 11.4 Å². The Morgan fingerprint density at radius 1 is 1.29 bits per heavy atom. The Morgan fingerprint density at radius 2 is 1.90 bits per heavy atom. The minimum Gasteiger partial charge on any atom is -0.481 e. The van der Waals surface area contributed by atoms with Gasteiger partial charge < -0.3 is 20.5 Å². The van der Waals surface area contributed by atoms with Crippen molar-refractivity contribution in [2.75, 3.05) is 19.8 Å². The van der Waals surface area contributed by atoms with Gasteiger partial charge in [-0.3, -0.25) is 4.79 Å². The van der Waals surface area contributed by atoms with E-state index >= 15 is 0 Å². The van der Waals surface area contributed by atoms with E-state index in [1.165, 1.54) is 12.8 Å². The lowest BCUT2D eigenvalue weighted by Crippen LogP contribution is -2.50. The summed E-state index contributed by atoms with van der Waals surface area (Å²) in [6.07, 6.45) is 5.69. The molecule has 0 aromatic heterocycles. The zero-order chi connectivity index (χ0) is 15.3. The summed E-state index contributed by atoms with van der Waals surface area (Å²) in [5, 5.41) is 15.1. The SMILES string of the molecule is CC(NC(=O)NCC1(C(=O)O)CCOCC1)C1CCCC1. The zero-order valence-corrected chi connectivity index (χ0v) is 12.7. The predicted octanol–water partition coefficient (Wildman–Crippen LogP) is 1.75. The van der Waals surface area contributed by atoms with Crippen LogP contribution in [0.4, 0.5) is 4.79 Å². The summed E-state index contributed by atoms with van der Waals surface area (Å²) in [4.78, 5) is 23.5. The van der Waals surface area contributed by atoms with Gasteiger partial charge in [0.2, 0.25) is 0 Å². The molecule has 1 aliphatic heterocycles. The number of amides is 2. The summed E-state index contributed by atoms with van der Waals surface area (Å²) >= 11 is 0. The fourth-order valence-electron chi connectivity index (χ4n) is 3.31. The number of ether oxygens (including phenoxy) is 1. The Hall–Kier alpha value is -1.30. The molecule has 0 spiro atoms. The highest BCUT2D eigenvalue weighted by Crippen LogP contribution is 2.30. The van der Waals surface area contributed by atoms with Crippen LogP contribution in [0.5, 0.6) is 0 Å². The van der Waals surface area contributed by atoms with Gasteiger partial charge in [0.1, 0.15) is 0 Å². The standard InChI is InChI=1S/C15H26N2O4/c1-11(12-4-2-3-5-12)17-14(20)16-10-15(13(18)19)6-8-21-9-7-15/h11-12H,2-10H2,1H3,(H,18,19)(H2,16,17,20). The van der Waals surface area contributed by atoms with Crippen LogP contribution in [0.25, 0.3) is 0 Å². The van der Waals surface area contributed by atoms with Crippen LogP contribution in [0, 0.1) is 11.3 Å². The molecule has 2 rings (SSSR count). The third-order valence-corrected chi connectivity index (χ3v) is 4.96. The minimum atomic E-state index is -0.883. The van der Waals surface area contributed by atoms with E-state index in [1.54, 1.807) is 0 Å². The fourth-order valence-corrected chi connectivity index (χ4v) is 3.31. The maximum Gasteiger partial charge on any atom is 0.315 e. The molecule has 6 heteroatoms. The van der Waals surface area contributed by atoms with Gasteiger partial charge >= 0.3 is 12.0 Å². The second-order valence-electron chi connectivity index (χ2n) is 6.36. The number of urea groups is 1. The summed E-state index contributed by atoms with van der Waals surface area (Å²) in [6.45, 7) is 3.06. The van der Waals surface area contributed by atoms with Crippen LogP contribution in [0.15, 0.2) is 0 Å². The molecule has 3 N–H and O–H groups in total. The lowest BCUT2D eigenvalue weighted by atomic mass is 9.80. The van der Waals surface area contributed by atoms with Crippen LogP contribution in [0.2, 0.25) is 0 Å². The van der Waals surface area contributed by atoms with Gasteiger partial charge in [0.05, 0.1) is 5.41 Å². The highest BCUT2D eigenvalue weighted by molar-refractivity contribution is 5.78. The van der Waals surface area contributed by atoms with Crippen LogP contribution < -0.4 is 10.6 Å². The summed E-state index contributed by atoms with van der Waals surface area (Å²) in [5.74, 6) is -0.304. The molecule has 0 radical (unpaired) electrons. The number of rotatable bonds is 5. The van der Waals surface area contributed by atoms with E-state index in [4.69, 9.17) is 4.74 Å². The first-order valence-electron chi connectivity index (χ1n) is 7.89. The number of carbonyl (C=O) groups is 2. The van der Waals surface area contributed by atoms with Crippen molar-refractivity contribution in [3.05, 3.63) is 0 Å². The topological polar surface area (TPSA) is 87.7 Å². The molecule has 0 aromatic rings. The zero-order valence-electron chi connectivity index (χ0n) is 12.7. The highest BCUT2D eigenvalue weighted by atomic mass is 16.5. The van der Waals surface area contributed by atoms with E-state index in [2.05, 4.69) is 10.6 Å². The van der Waals surface area contributed by atoms with Crippen LogP contribution in [-0.4, -0.2) is 42.9 Å². The lowest BCUT2D eigenvalue weighted by Gasteiger charge is -2.33. The average molecular weight is 298 g/mol. The van der Waals surface area contributed by atoms with Gasteiger partial charge in [-0.1, -0.05) is 12.8 Å². The molecule has 1 unspecified atom stereocenters. The summed E-state index contributed by atoms with van der Waals surface area (Å²) in [5.41, 5.74) is -0.883. The molecule has 1 aliphatic carbocycles. The van der Waals surface area contributed by atoms with Crippen molar-refractivity contribution >= 4 is 12.0 Å². The number of hydrogen-bond donors (Lipinski definition) is 3. The molecule has 1 atom stereocenters. The van der Waals surface area contributed by atoms with Crippen molar-refractivity contribution in [3.63, 3.8) is 0 Å². The Morgan fingerprint density at radius 3 is 2.48 bits per heavy atom. The molecule has 2 aliphatic rings. The van der Waals surface area contributed by atoms with E-state index in [-0.39, 0.29) is 18.6 Å². The Labute approximate surface area is 125 Å². The second-order valence-corrected chi connectivity index (χ2v) is 6.36. The molecule has 2 amide bonds. The quantitative estimate of drug-likeness (QED) is 0.721. The molecular weight excluding hydrogens is 272 g/mol. The monoisotopic (exact) mass is 298 g/mol. The fraction of sp³-hybridized carbons (Fsp3) is 0.867. The number of hydrogen-bond acceptors (Lipinski definition) is 3. The van der Waals surface area contributed by atoms with Gasteiger partial charge in [-0.15, -0.1) is 0 Å². The van der Waals surface area contributed by atoms with E-state index in [0.29, 0.717) is 32.0 Å². The van der Waals surface area contributed by atoms with Crippen molar-refractivity contribution in [1.29, 1.82) is 0 Å². The summed E-state index contributed by atoms with van der Waals surface area (Å²) in [7, 11) is 0. The van der Waals surface area contributed by atoms with Gasteiger partial charge in [-0.2, -0.15) is 0 Å². The van der Waals surface area contributed by atoms with E-state index in [0.717, 1.165) is 12.8 Å². The Kier molecular flexibility index (Phi) is 5.45. The van der Waals surface area contributed by atoms with E-state index in [1.807, 2.05) is 6.92 Å². The molecule has 1 saturated carbocycles. The molecule has 6 nitrogen and oxygen atoms in total. The lowest BCUT2D eigenvalue weighted by molar-refractivity contribution is -0.154. The van der Waals surface area contributed by atoms with Crippen LogP contribution in [0.1, 0.15) is 45.4 Å². The maximum atomic E-state index is 12.0. The molecule has 21 heavy (non-hydrogen) atoms. The molecule has 0 aromatic carbocycles. The number of aliphatic carboxylic acids is 1. The van der Waals surface area contributed by atoms with Gasteiger partial charge in [-0.05, 0) is 38.5 Å². The number of carboxylic acids is 1.